The van der Waals surface area contributed by atoms with Crippen molar-refractivity contribution in [3.8, 4) is 5.75 Å². The molecule has 8 heteroatoms. The first-order valence-corrected chi connectivity index (χ1v) is 8.13. The lowest BCUT2D eigenvalue weighted by Gasteiger charge is -2.28. The molecule has 2 heterocycles. The predicted molar refractivity (Wildman–Crippen MR) is 99.0 cm³/mol. The average molecular weight is 373 g/mol. The van der Waals surface area contributed by atoms with Crippen molar-refractivity contribution in [2.24, 2.45) is 0 Å². The van der Waals surface area contributed by atoms with E-state index in [1.165, 1.54) is 26.2 Å². The number of anilines is 1. The van der Waals surface area contributed by atoms with Crippen LogP contribution in [-0.2, 0) is 4.79 Å². The summed E-state index contributed by atoms with van der Waals surface area (Å²) in [6.07, 6.45) is 13.0. The van der Waals surface area contributed by atoms with Crippen LogP contribution < -0.4 is 15.5 Å². The molecule has 0 saturated heterocycles. The molecule has 26 heavy (non-hydrogen) atoms. The molecule has 2 aliphatic heterocycles. The van der Waals surface area contributed by atoms with Crippen molar-refractivity contribution >= 4 is 29.1 Å². The number of hydrazine groups is 1. The summed E-state index contributed by atoms with van der Waals surface area (Å²) in [7, 11) is 1.44. The van der Waals surface area contributed by atoms with Crippen molar-refractivity contribution in [3.63, 3.8) is 0 Å². The third-order valence-electron chi connectivity index (χ3n) is 3.66. The molecule has 0 aliphatic carbocycles. The van der Waals surface area contributed by atoms with Gasteiger partial charge in [-0.05, 0) is 18.2 Å². The Morgan fingerprint density at radius 3 is 2.69 bits per heavy atom. The monoisotopic (exact) mass is 372 g/mol. The quantitative estimate of drug-likeness (QED) is 0.850. The molecule has 2 N–H and O–H groups in total. The summed E-state index contributed by atoms with van der Waals surface area (Å²) in [5, 5.41) is 4.38. The molecular weight excluding hydrogens is 356 g/mol. The van der Waals surface area contributed by atoms with Crippen molar-refractivity contribution in [2.45, 2.75) is 6.92 Å². The molecule has 0 aromatic heterocycles. The minimum Gasteiger partial charge on any atom is -0.496 e. The number of fused-ring (bicyclic) bond motifs is 1. The smallest absolute Gasteiger partial charge is 0.273 e. The van der Waals surface area contributed by atoms with Gasteiger partial charge in [-0.25, -0.2) is 0 Å². The average Bonchev–Trinajstić information content (AvgIpc) is 2.62. The third kappa shape index (κ3) is 3.73. The number of amides is 2. The van der Waals surface area contributed by atoms with Crippen LogP contribution in [0.1, 0.15) is 17.3 Å². The Morgan fingerprint density at radius 2 is 1.96 bits per heavy atom. The molecular formula is C18H17ClN4O3. The highest BCUT2D eigenvalue weighted by Crippen LogP contribution is 2.31. The van der Waals surface area contributed by atoms with E-state index in [0.29, 0.717) is 11.4 Å². The SMILES string of the molecule is COc1cc(NC(C)=O)c(Cl)cc1C(=O)NN1C=CN2C=CC=CC2=C1. The van der Waals surface area contributed by atoms with E-state index in [1.54, 1.807) is 17.4 Å². The molecule has 134 valence electrons. The van der Waals surface area contributed by atoms with Crippen molar-refractivity contribution in [2.75, 3.05) is 12.4 Å². The zero-order chi connectivity index (χ0) is 18.7. The van der Waals surface area contributed by atoms with Gasteiger partial charge in [-0.15, -0.1) is 0 Å². The summed E-state index contributed by atoms with van der Waals surface area (Å²) in [6.45, 7) is 1.37. The number of ether oxygens (including phenoxy) is 1. The van der Waals surface area contributed by atoms with E-state index in [4.69, 9.17) is 16.3 Å². The molecule has 0 spiro atoms. The molecule has 2 amide bonds. The zero-order valence-electron chi connectivity index (χ0n) is 14.2. The van der Waals surface area contributed by atoms with E-state index in [1.807, 2.05) is 35.5 Å². The molecule has 2 aliphatic rings. The first-order valence-electron chi connectivity index (χ1n) is 7.75. The second kappa shape index (κ2) is 7.37. The van der Waals surface area contributed by atoms with E-state index in [0.717, 1.165) is 5.70 Å². The van der Waals surface area contributed by atoms with Crippen LogP contribution >= 0.6 is 11.6 Å². The van der Waals surface area contributed by atoms with E-state index in [9.17, 15) is 9.59 Å². The molecule has 0 unspecified atom stereocenters. The van der Waals surface area contributed by atoms with Crippen LogP contribution in [0.3, 0.4) is 0 Å². The number of rotatable bonds is 4. The molecule has 0 bridgehead atoms. The number of benzene rings is 1. The van der Waals surface area contributed by atoms with E-state index in [2.05, 4.69) is 10.7 Å². The van der Waals surface area contributed by atoms with Crippen LogP contribution in [0.15, 0.2) is 60.9 Å². The van der Waals surface area contributed by atoms with Crippen molar-refractivity contribution in [1.29, 1.82) is 0 Å². The van der Waals surface area contributed by atoms with Crippen LogP contribution in [0.4, 0.5) is 5.69 Å². The fourth-order valence-electron chi connectivity index (χ4n) is 2.48. The summed E-state index contributed by atoms with van der Waals surface area (Å²) in [6, 6.07) is 2.97. The van der Waals surface area contributed by atoms with Gasteiger partial charge < -0.3 is 15.0 Å². The van der Waals surface area contributed by atoms with Crippen LogP contribution in [0.5, 0.6) is 5.75 Å². The lowest BCUT2D eigenvalue weighted by molar-refractivity contribution is -0.114. The third-order valence-corrected chi connectivity index (χ3v) is 3.97. The Kier molecular flexibility index (Phi) is 4.99. The molecule has 7 nitrogen and oxygen atoms in total. The molecule has 1 aromatic rings. The minimum absolute atomic E-state index is 0.241. The number of allylic oxidation sites excluding steroid dienone is 3. The Bertz CT molecular complexity index is 873. The normalized spacial score (nSPS) is 14.7. The molecule has 0 radical (unpaired) electrons. The molecule has 0 fully saturated rings. The fourth-order valence-corrected chi connectivity index (χ4v) is 2.69. The number of hydrogen-bond acceptors (Lipinski definition) is 5. The molecule has 1 aromatic carbocycles. The van der Waals surface area contributed by atoms with Gasteiger partial charge in [0.2, 0.25) is 5.91 Å². The highest BCUT2D eigenvalue weighted by Gasteiger charge is 2.19. The number of carbonyl (C=O) groups excluding carboxylic acids is 2. The lowest BCUT2D eigenvalue weighted by atomic mass is 10.1. The van der Waals surface area contributed by atoms with E-state index >= 15 is 0 Å². The first kappa shape index (κ1) is 17.6. The number of hydrogen-bond donors (Lipinski definition) is 2. The highest BCUT2D eigenvalue weighted by atomic mass is 35.5. The predicted octanol–water partition coefficient (Wildman–Crippen LogP) is 2.97. The second-order valence-corrected chi connectivity index (χ2v) is 5.93. The first-order chi connectivity index (χ1) is 12.5. The van der Waals surface area contributed by atoms with Crippen LogP contribution in [-0.4, -0.2) is 28.8 Å². The van der Waals surface area contributed by atoms with Crippen LogP contribution in [0.25, 0.3) is 0 Å². The summed E-state index contributed by atoms with van der Waals surface area (Å²) in [5.74, 6) is -0.370. The molecule has 0 atom stereocenters. The van der Waals surface area contributed by atoms with Gasteiger partial charge in [0.05, 0.1) is 35.3 Å². The number of halogens is 1. The largest absolute Gasteiger partial charge is 0.496 e. The standard InChI is InChI=1S/C18H17ClN4O3/c1-12(24)20-16-10-17(26-2)14(9-15(16)19)18(25)21-23-8-7-22-6-4-3-5-13(22)11-23/h3-11H,1-2H3,(H,20,24)(H,21,25). The minimum atomic E-state index is -0.400. The van der Waals surface area contributed by atoms with Crippen LogP contribution in [0.2, 0.25) is 5.02 Å². The highest BCUT2D eigenvalue weighted by molar-refractivity contribution is 6.34. The van der Waals surface area contributed by atoms with Crippen molar-refractivity contribution in [1.82, 2.24) is 15.3 Å². The van der Waals surface area contributed by atoms with E-state index in [-0.39, 0.29) is 16.5 Å². The molecule has 0 saturated carbocycles. The van der Waals surface area contributed by atoms with Gasteiger partial charge in [0.15, 0.2) is 0 Å². The zero-order valence-corrected chi connectivity index (χ0v) is 14.9. The maximum absolute atomic E-state index is 12.7. The Labute approximate surface area is 155 Å². The Morgan fingerprint density at radius 1 is 1.15 bits per heavy atom. The summed E-state index contributed by atoms with van der Waals surface area (Å²) >= 11 is 6.17. The number of nitrogens with one attached hydrogen (secondary N) is 2. The Hall–Kier alpha value is -3.19. The van der Waals surface area contributed by atoms with Crippen molar-refractivity contribution in [3.05, 3.63) is 71.4 Å². The van der Waals surface area contributed by atoms with E-state index < -0.39 is 5.91 Å². The van der Waals surface area contributed by atoms with Gasteiger partial charge in [0.25, 0.3) is 5.91 Å². The van der Waals surface area contributed by atoms with Gasteiger partial charge in [-0.3, -0.25) is 20.0 Å². The van der Waals surface area contributed by atoms with Gasteiger partial charge in [0, 0.05) is 31.6 Å². The summed E-state index contributed by atoms with van der Waals surface area (Å²) in [4.78, 5) is 25.8. The second-order valence-electron chi connectivity index (χ2n) is 5.52. The van der Waals surface area contributed by atoms with Crippen LogP contribution in [0, 0.1) is 0 Å². The van der Waals surface area contributed by atoms with Gasteiger partial charge in [-0.2, -0.15) is 0 Å². The maximum Gasteiger partial charge on any atom is 0.273 e. The van der Waals surface area contributed by atoms with Gasteiger partial charge in [0.1, 0.15) is 5.75 Å². The number of methoxy groups -OCH3 is 1. The lowest BCUT2D eigenvalue weighted by Crippen LogP contribution is -2.37. The fraction of sp³-hybridized carbons (Fsp3) is 0.111. The summed E-state index contributed by atoms with van der Waals surface area (Å²) < 4.78 is 5.27. The van der Waals surface area contributed by atoms with Gasteiger partial charge in [-0.1, -0.05) is 17.7 Å². The maximum atomic E-state index is 12.7. The number of carbonyl (C=O) groups is 2. The topological polar surface area (TPSA) is 73.9 Å². The molecule has 3 rings (SSSR count). The van der Waals surface area contributed by atoms with Gasteiger partial charge >= 0.3 is 0 Å². The number of nitrogens with zero attached hydrogens (tertiary/aromatic N) is 2. The van der Waals surface area contributed by atoms with Crippen molar-refractivity contribution < 1.29 is 14.3 Å². The Balaban J connectivity index is 1.81. The summed E-state index contributed by atoms with van der Waals surface area (Å²) in [5.41, 5.74) is 4.28.